The Bertz CT molecular complexity index is 1230. The van der Waals surface area contributed by atoms with Gasteiger partial charge in [-0.2, -0.15) is 5.10 Å². The maximum atomic E-state index is 13.5. The lowest BCUT2D eigenvalue weighted by Crippen LogP contribution is -2.19. The van der Waals surface area contributed by atoms with Crippen LogP contribution in [0.2, 0.25) is 0 Å². The summed E-state index contributed by atoms with van der Waals surface area (Å²) in [7, 11) is 1.63. The van der Waals surface area contributed by atoms with Gasteiger partial charge in [0.25, 0.3) is 0 Å². The number of nitrogens with one attached hydrogen (secondary N) is 1. The maximum absolute atomic E-state index is 13.5. The minimum Gasteiger partial charge on any atom is -0.489 e. The number of aryl methyl sites for hydroxylation is 2. The Labute approximate surface area is 180 Å². The molecule has 0 spiro atoms. The molecule has 0 saturated heterocycles. The second kappa shape index (κ2) is 9.00. The average molecular weight is 417 g/mol. The molecule has 5 nitrogen and oxygen atoms in total. The van der Waals surface area contributed by atoms with Crippen LogP contribution in [0, 0.1) is 12.7 Å². The molecule has 0 aliphatic carbocycles. The van der Waals surface area contributed by atoms with Crippen molar-refractivity contribution in [2.45, 2.75) is 26.5 Å². The van der Waals surface area contributed by atoms with Crippen LogP contribution in [0.3, 0.4) is 0 Å². The SMILES string of the molecule is CNC(=O)CCn1ncc2cc(OCc3ccccc3-c3ccc(F)cc3C)ccc21. The van der Waals surface area contributed by atoms with E-state index in [0.29, 0.717) is 19.6 Å². The number of benzene rings is 3. The predicted molar refractivity (Wildman–Crippen MR) is 119 cm³/mol. The van der Waals surface area contributed by atoms with E-state index in [-0.39, 0.29) is 11.7 Å². The summed E-state index contributed by atoms with van der Waals surface area (Å²) in [5, 5.41) is 7.96. The summed E-state index contributed by atoms with van der Waals surface area (Å²) in [5.74, 6) is 0.488. The average Bonchev–Trinajstić information content (AvgIpc) is 3.18. The van der Waals surface area contributed by atoms with Crippen LogP contribution in [0.15, 0.2) is 66.9 Å². The molecule has 1 aromatic heterocycles. The lowest BCUT2D eigenvalue weighted by atomic mass is 9.96. The molecule has 1 amide bonds. The Morgan fingerprint density at radius 3 is 2.74 bits per heavy atom. The molecule has 31 heavy (non-hydrogen) atoms. The fourth-order valence-corrected chi connectivity index (χ4v) is 3.66. The van der Waals surface area contributed by atoms with Crippen LogP contribution in [0.1, 0.15) is 17.5 Å². The number of fused-ring (bicyclic) bond motifs is 1. The van der Waals surface area contributed by atoms with Crippen LogP contribution in [-0.4, -0.2) is 22.7 Å². The van der Waals surface area contributed by atoms with E-state index in [0.717, 1.165) is 38.9 Å². The summed E-state index contributed by atoms with van der Waals surface area (Å²) in [6.45, 7) is 2.82. The second-order valence-corrected chi connectivity index (χ2v) is 7.42. The topological polar surface area (TPSA) is 56.2 Å². The lowest BCUT2D eigenvalue weighted by Gasteiger charge is -2.13. The van der Waals surface area contributed by atoms with Crippen LogP contribution < -0.4 is 10.1 Å². The van der Waals surface area contributed by atoms with Gasteiger partial charge >= 0.3 is 0 Å². The maximum Gasteiger partial charge on any atom is 0.221 e. The lowest BCUT2D eigenvalue weighted by molar-refractivity contribution is -0.120. The molecule has 0 bridgehead atoms. The van der Waals surface area contributed by atoms with Crippen LogP contribution in [-0.2, 0) is 17.9 Å². The molecule has 0 aliphatic heterocycles. The quantitative estimate of drug-likeness (QED) is 0.467. The van der Waals surface area contributed by atoms with E-state index in [1.807, 2.05) is 60.1 Å². The number of halogens is 1. The Morgan fingerprint density at radius 1 is 1.10 bits per heavy atom. The van der Waals surface area contributed by atoms with Gasteiger partial charge in [-0.25, -0.2) is 4.39 Å². The fraction of sp³-hybridized carbons (Fsp3) is 0.200. The van der Waals surface area contributed by atoms with Gasteiger partial charge in [0.1, 0.15) is 18.2 Å². The van der Waals surface area contributed by atoms with Crippen LogP contribution in [0.5, 0.6) is 5.75 Å². The van der Waals surface area contributed by atoms with Gasteiger partial charge in [-0.1, -0.05) is 30.3 Å². The zero-order chi connectivity index (χ0) is 21.8. The van der Waals surface area contributed by atoms with Crippen molar-refractivity contribution < 1.29 is 13.9 Å². The van der Waals surface area contributed by atoms with Gasteiger partial charge in [0.2, 0.25) is 5.91 Å². The van der Waals surface area contributed by atoms with Crippen molar-refractivity contribution in [3.63, 3.8) is 0 Å². The van der Waals surface area contributed by atoms with Crippen molar-refractivity contribution in [2.75, 3.05) is 7.05 Å². The Balaban J connectivity index is 1.52. The number of carbonyl (C=O) groups is 1. The second-order valence-electron chi connectivity index (χ2n) is 7.42. The van der Waals surface area contributed by atoms with Crippen molar-refractivity contribution in [1.82, 2.24) is 15.1 Å². The molecule has 3 aromatic carbocycles. The van der Waals surface area contributed by atoms with Crippen LogP contribution in [0.4, 0.5) is 4.39 Å². The third-order valence-electron chi connectivity index (χ3n) is 5.33. The highest BCUT2D eigenvalue weighted by atomic mass is 19.1. The summed E-state index contributed by atoms with van der Waals surface area (Å²) >= 11 is 0. The molecular weight excluding hydrogens is 393 g/mol. The molecule has 4 aromatic rings. The first-order valence-corrected chi connectivity index (χ1v) is 10.2. The third kappa shape index (κ3) is 4.58. The van der Waals surface area contributed by atoms with E-state index in [9.17, 15) is 9.18 Å². The molecule has 6 heteroatoms. The summed E-state index contributed by atoms with van der Waals surface area (Å²) < 4.78 is 21.4. The number of hydrogen-bond donors (Lipinski definition) is 1. The van der Waals surface area contributed by atoms with Gasteiger partial charge in [-0.05, 0) is 59.5 Å². The number of nitrogens with zero attached hydrogens (tertiary/aromatic N) is 2. The Hall–Kier alpha value is -3.67. The fourth-order valence-electron chi connectivity index (χ4n) is 3.66. The number of aromatic nitrogens is 2. The molecule has 0 radical (unpaired) electrons. The van der Waals surface area contributed by atoms with Crippen molar-refractivity contribution in [3.8, 4) is 16.9 Å². The molecule has 1 heterocycles. The van der Waals surface area contributed by atoms with Gasteiger partial charge in [0.05, 0.1) is 18.3 Å². The summed E-state index contributed by atoms with van der Waals surface area (Å²) in [6, 6.07) is 18.6. The van der Waals surface area contributed by atoms with Crippen LogP contribution in [0.25, 0.3) is 22.0 Å². The number of hydrogen-bond acceptors (Lipinski definition) is 3. The van der Waals surface area contributed by atoms with Crippen molar-refractivity contribution in [3.05, 3.63) is 83.8 Å². The minimum absolute atomic E-state index is 0.0151. The van der Waals surface area contributed by atoms with Gasteiger partial charge in [-0.15, -0.1) is 0 Å². The van der Waals surface area contributed by atoms with E-state index in [2.05, 4.69) is 10.4 Å². The Morgan fingerprint density at radius 2 is 1.94 bits per heavy atom. The number of rotatable bonds is 7. The van der Waals surface area contributed by atoms with E-state index in [1.165, 1.54) is 6.07 Å². The van der Waals surface area contributed by atoms with Crippen molar-refractivity contribution >= 4 is 16.8 Å². The monoisotopic (exact) mass is 417 g/mol. The largest absolute Gasteiger partial charge is 0.489 e. The van der Waals surface area contributed by atoms with E-state index < -0.39 is 0 Å². The number of ether oxygens (including phenoxy) is 1. The highest BCUT2D eigenvalue weighted by Gasteiger charge is 2.10. The number of amides is 1. The first-order valence-electron chi connectivity index (χ1n) is 10.2. The number of carbonyl (C=O) groups excluding carboxylic acids is 1. The third-order valence-corrected chi connectivity index (χ3v) is 5.33. The van der Waals surface area contributed by atoms with Crippen molar-refractivity contribution in [2.24, 2.45) is 0 Å². The molecule has 0 atom stereocenters. The highest BCUT2D eigenvalue weighted by molar-refractivity contribution is 5.81. The molecule has 4 rings (SSSR count). The normalized spacial score (nSPS) is 10.9. The van der Waals surface area contributed by atoms with Gasteiger partial charge < -0.3 is 10.1 Å². The summed E-state index contributed by atoms with van der Waals surface area (Å²) in [5.41, 5.74) is 4.90. The molecule has 0 saturated carbocycles. The highest BCUT2D eigenvalue weighted by Crippen LogP contribution is 2.29. The first kappa shape index (κ1) is 20.6. The van der Waals surface area contributed by atoms with Gasteiger partial charge in [-0.3, -0.25) is 9.48 Å². The molecule has 0 aliphatic rings. The van der Waals surface area contributed by atoms with Gasteiger partial charge in [0, 0.05) is 18.9 Å². The molecule has 1 N–H and O–H groups in total. The minimum atomic E-state index is -0.237. The van der Waals surface area contributed by atoms with Gasteiger partial charge in [0.15, 0.2) is 0 Å². The van der Waals surface area contributed by atoms with E-state index in [4.69, 9.17) is 4.74 Å². The molecule has 158 valence electrons. The first-order chi connectivity index (χ1) is 15.0. The molecule has 0 unspecified atom stereocenters. The zero-order valence-electron chi connectivity index (χ0n) is 17.6. The summed E-state index contributed by atoms with van der Waals surface area (Å²) in [6.07, 6.45) is 2.16. The van der Waals surface area contributed by atoms with E-state index >= 15 is 0 Å². The molecular formula is C25H24FN3O2. The smallest absolute Gasteiger partial charge is 0.221 e. The zero-order valence-corrected chi connectivity index (χ0v) is 17.6. The standard InChI is InChI=1S/C25H24FN3O2/c1-17-13-20(26)7-9-22(17)23-6-4-3-5-18(23)16-31-21-8-10-24-19(14-21)15-28-29(24)12-11-25(30)27-2/h3-10,13-15H,11-12,16H2,1-2H3,(H,27,30). The predicted octanol–water partition coefficient (Wildman–Crippen LogP) is 4.87. The van der Waals surface area contributed by atoms with Crippen molar-refractivity contribution in [1.29, 1.82) is 0 Å². The summed E-state index contributed by atoms with van der Waals surface area (Å²) in [4.78, 5) is 11.5. The van der Waals surface area contributed by atoms with Crippen LogP contribution >= 0.6 is 0 Å². The van der Waals surface area contributed by atoms with E-state index in [1.54, 1.807) is 19.3 Å². The Kier molecular flexibility index (Phi) is 5.98. The molecule has 0 fully saturated rings.